The Kier molecular flexibility index (Phi) is 4.84. The predicted molar refractivity (Wildman–Crippen MR) is 79.2 cm³/mol. The molecule has 1 aliphatic carbocycles. The highest BCUT2D eigenvalue weighted by atomic mass is 16.5. The lowest BCUT2D eigenvalue weighted by Gasteiger charge is -2.21. The van der Waals surface area contributed by atoms with Crippen molar-refractivity contribution in [1.29, 1.82) is 0 Å². The monoisotopic (exact) mass is 277 g/mol. The number of nitrogens with zero attached hydrogens (tertiary/aromatic N) is 2. The molecule has 5 heteroatoms. The molecule has 1 fully saturated rings. The van der Waals surface area contributed by atoms with Gasteiger partial charge in [0.2, 0.25) is 0 Å². The number of benzene rings is 1. The van der Waals surface area contributed by atoms with Gasteiger partial charge in [-0.25, -0.2) is 0 Å². The minimum atomic E-state index is 0.0683. The molecule has 0 amide bonds. The third-order valence-corrected chi connectivity index (χ3v) is 3.72. The molecule has 0 saturated heterocycles. The Morgan fingerprint density at radius 1 is 1.50 bits per heavy atom. The first-order chi connectivity index (χ1) is 9.67. The molecule has 20 heavy (non-hydrogen) atoms. The van der Waals surface area contributed by atoms with Crippen molar-refractivity contribution in [2.75, 3.05) is 20.2 Å². The molecule has 1 aliphatic rings. The number of hydrogen-bond donors (Lipinski definition) is 2. The summed E-state index contributed by atoms with van der Waals surface area (Å²) in [7, 11) is 1.59. The molecular weight excluding hydrogens is 254 g/mol. The lowest BCUT2D eigenvalue weighted by molar-refractivity contribution is 0.268. The molecule has 1 aromatic rings. The summed E-state index contributed by atoms with van der Waals surface area (Å²) in [5.74, 6) is 1.59. The van der Waals surface area contributed by atoms with Crippen LogP contribution in [0.4, 0.5) is 0 Å². The van der Waals surface area contributed by atoms with Gasteiger partial charge in [0.15, 0.2) is 5.84 Å². The fraction of sp³-hybridized carbons (Fsp3) is 0.533. The smallest absolute Gasteiger partial charge is 0.173 e. The van der Waals surface area contributed by atoms with E-state index in [0.29, 0.717) is 11.3 Å². The summed E-state index contributed by atoms with van der Waals surface area (Å²) in [6, 6.07) is 5.81. The molecule has 2 rings (SSSR count). The molecule has 5 nitrogen and oxygen atoms in total. The van der Waals surface area contributed by atoms with E-state index in [1.165, 1.54) is 24.9 Å². The highest BCUT2D eigenvalue weighted by Crippen LogP contribution is 2.30. The van der Waals surface area contributed by atoms with E-state index in [4.69, 9.17) is 15.7 Å². The Morgan fingerprint density at radius 3 is 2.80 bits per heavy atom. The van der Waals surface area contributed by atoms with Crippen LogP contribution in [0.3, 0.4) is 0 Å². The quantitative estimate of drug-likeness (QED) is 0.346. The summed E-state index contributed by atoms with van der Waals surface area (Å²) in [6.45, 7) is 5.30. The second-order valence-electron chi connectivity index (χ2n) is 5.29. The van der Waals surface area contributed by atoms with Gasteiger partial charge in [-0.3, -0.25) is 4.90 Å². The van der Waals surface area contributed by atoms with Crippen LogP contribution in [0.15, 0.2) is 23.4 Å². The summed E-state index contributed by atoms with van der Waals surface area (Å²) in [5.41, 5.74) is 7.43. The molecule has 110 valence electrons. The van der Waals surface area contributed by atoms with Gasteiger partial charge in [-0.05, 0) is 43.0 Å². The van der Waals surface area contributed by atoms with Crippen molar-refractivity contribution in [3.05, 3.63) is 29.3 Å². The van der Waals surface area contributed by atoms with Crippen LogP contribution >= 0.6 is 0 Å². The van der Waals surface area contributed by atoms with E-state index >= 15 is 0 Å². The van der Waals surface area contributed by atoms with E-state index in [1.807, 2.05) is 18.2 Å². The van der Waals surface area contributed by atoms with Crippen LogP contribution in [-0.2, 0) is 6.54 Å². The fourth-order valence-electron chi connectivity index (χ4n) is 2.33. The van der Waals surface area contributed by atoms with Gasteiger partial charge in [0.05, 0.1) is 12.7 Å². The molecule has 0 atom stereocenters. The maximum absolute atomic E-state index is 8.77. The maximum atomic E-state index is 8.77. The fourth-order valence-corrected chi connectivity index (χ4v) is 2.33. The number of hydrogen-bond acceptors (Lipinski definition) is 4. The van der Waals surface area contributed by atoms with Gasteiger partial charge in [0, 0.05) is 13.1 Å². The molecule has 0 spiro atoms. The molecular formula is C15H23N3O2. The van der Waals surface area contributed by atoms with Crippen molar-refractivity contribution in [3.8, 4) is 5.75 Å². The minimum absolute atomic E-state index is 0.0683. The summed E-state index contributed by atoms with van der Waals surface area (Å²) in [6.07, 6.45) is 2.73. The van der Waals surface area contributed by atoms with Gasteiger partial charge in [-0.2, -0.15) is 0 Å². The third kappa shape index (κ3) is 3.63. The van der Waals surface area contributed by atoms with Crippen LogP contribution in [0.2, 0.25) is 0 Å². The Balaban J connectivity index is 2.11. The van der Waals surface area contributed by atoms with Gasteiger partial charge in [0.1, 0.15) is 5.75 Å². The molecule has 0 aromatic heterocycles. The summed E-state index contributed by atoms with van der Waals surface area (Å²) >= 11 is 0. The van der Waals surface area contributed by atoms with Gasteiger partial charge >= 0.3 is 0 Å². The SMILES string of the molecule is CCN(Cc1ccc(/C(N)=N/O)c(OC)c1)CC1CC1. The number of nitrogens with two attached hydrogens (primary N) is 1. The van der Waals surface area contributed by atoms with Crippen molar-refractivity contribution in [3.63, 3.8) is 0 Å². The van der Waals surface area contributed by atoms with Gasteiger partial charge < -0.3 is 15.7 Å². The Morgan fingerprint density at radius 2 is 2.25 bits per heavy atom. The Labute approximate surface area is 120 Å². The third-order valence-electron chi connectivity index (χ3n) is 3.72. The molecule has 3 N–H and O–H groups in total. The standard InChI is InChI=1S/C15H23N3O2/c1-3-18(9-11-4-5-11)10-12-6-7-13(15(16)17-19)14(8-12)20-2/h6-8,11,19H,3-5,9-10H2,1-2H3,(H2,16,17). The van der Waals surface area contributed by atoms with Gasteiger partial charge in [-0.15, -0.1) is 0 Å². The summed E-state index contributed by atoms with van der Waals surface area (Å²) < 4.78 is 5.33. The second-order valence-corrected chi connectivity index (χ2v) is 5.29. The maximum Gasteiger partial charge on any atom is 0.173 e. The zero-order valence-corrected chi connectivity index (χ0v) is 12.2. The highest BCUT2D eigenvalue weighted by molar-refractivity contribution is 5.99. The highest BCUT2D eigenvalue weighted by Gasteiger charge is 2.23. The molecule has 0 radical (unpaired) electrons. The molecule has 0 heterocycles. The average molecular weight is 277 g/mol. The summed E-state index contributed by atoms with van der Waals surface area (Å²) in [5, 5.41) is 11.8. The first kappa shape index (κ1) is 14.7. The van der Waals surface area contributed by atoms with E-state index in [0.717, 1.165) is 19.0 Å². The molecule has 1 saturated carbocycles. The Bertz CT molecular complexity index is 484. The van der Waals surface area contributed by atoms with Crippen LogP contribution in [-0.4, -0.2) is 36.1 Å². The Hall–Kier alpha value is -1.75. The van der Waals surface area contributed by atoms with E-state index < -0.39 is 0 Å². The predicted octanol–water partition coefficient (Wildman–Crippen LogP) is 2.02. The zero-order valence-electron chi connectivity index (χ0n) is 12.2. The first-order valence-electron chi connectivity index (χ1n) is 7.05. The van der Waals surface area contributed by atoms with Crippen LogP contribution in [0, 0.1) is 5.92 Å². The van der Waals surface area contributed by atoms with Crippen LogP contribution in [0.25, 0.3) is 0 Å². The normalized spacial score (nSPS) is 15.7. The van der Waals surface area contributed by atoms with E-state index in [-0.39, 0.29) is 5.84 Å². The van der Waals surface area contributed by atoms with Crippen molar-refractivity contribution < 1.29 is 9.94 Å². The van der Waals surface area contributed by atoms with Crippen LogP contribution < -0.4 is 10.5 Å². The number of methoxy groups -OCH3 is 1. The minimum Gasteiger partial charge on any atom is -0.496 e. The van der Waals surface area contributed by atoms with E-state index in [1.54, 1.807) is 7.11 Å². The molecule has 1 aromatic carbocycles. The molecule has 0 aliphatic heterocycles. The molecule has 0 unspecified atom stereocenters. The van der Waals surface area contributed by atoms with Gasteiger partial charge in [0.25, 0.3) is 0 Å². The average Bonchev–Trinajstić information content (AvgIpc) is 3.29. The van der Waals surface area contributed by atoms with Crippen LogP contribution in [0.5, 0.6) is 5.75 Å². The van der Waals surface area contributed by atoms with Crippen molar-refractivity contribution in [2.24, 2.45) is 16.8 Å². The number of rotatable bonds is 7. The lowest BCUT2D eigenvalue weighted by atomic mass is 10.1. The lowest BCUT2D eigenvalue weighted by Crippen LogP contribution is -2.25. The largest absolute Gasteiger partial charge is 0.496 e. The summed E-state index contributed by atoms with van der Waals surface area (Å²) in [4.78, 5) is 2.44. The zero-order chi connectivity index (χ0) is 14.5. The number of ether oxygens (including phenoxy) is 1. The first-order valence-corrected chi connectivity index (χ1v) is 7.05. The van der Waals surface area contributed by atoms with Crippen molar-refractivity contribution in [1.82, 2.24) is 4.90 Å². The van der Waals surface area contributed by atoms with Gasteiger partial charge in [-0.1, -0.05) is 18.1 Å². The van der Waals surface area contributed by atoms with E-state index in [9.17, 15) is 0 Å². The second kappa shape index (κ2) is 6.61. The van der Waals surface area contributed by atoms with Crippen molar-refractivity contribution >= 4 is 5.84 Å². The van der Waals surface area contributed by atoms with Crippen molar-refractivity contribution in [2.45, 2.75) is 26.3 Å². The number of amidine groups is 1. The van der Waals surface area contributed by atoms with E-state index in [2.05, 4.69) is 17.0 Å². The number of oxime groups is 1. The van der Waals surface area contributed by atoms with Crippen LogP contribution in [0.1, 0.15) is 30.9 Å². The molecule has 0 bridgehead atoms. The topological polar surface area (TPSA) is 71.1 Å².